The van der Waals surface area contributed by atoms with Crippen LogP contribution in [0, 0.1) is 0 Å². The number of epoxide rings is 1. The molecule has 0 aliphatic carbocycles. The van der Waals surface area contributed by atoms with Gasteiger partial charge in [0.2, 0.25) is 0 Å². The fourth-order valence-corrected chi connectivity index (χ4v) is 1.34. The third-order valence-electron chi connectivity index (χ3n) is 2.10. The fourth-order valence-electron chi connectivity index (χ4n) is 1.34. The zero-order valence-corrected chi connectivity index (χ0v) is 7.06. The molecule has 1 heterocycles. The Balaban J connectivity index is 2.25. The van der Waals surface area contributed by atoms with Crippen molar-refractivity contribution >= 4 is 5.97 Å². The Morgan fingerprint density at radius 1 is 1.54 bits per heavy atom. The van der Waals surface area contributed by atoms with Gasteiger partial charge in [-0.15, -0.1) is 0 Å². The number of carboxylic acid groups (broad SMARTS) is 1. The maximum absolute atomic E-state index is 10.8. The highest BCUT2D eigenvalue weighted by atomic mass is 16.6. The molecule has 0 radical (unpaired) electrons. The summed E-state index contributed by atoms with van der Waals surface area (Å²) in [4.78, 5) is 10.8. The lowest BCUT2D eigenvalue weighted by atomic mass is 10.0. The van der Waals surface area contributed by atoms with Gasteiger partial charge in [-0.2, -0.15) is 0 Å². The quantitative estimate of drug-likeness (QED) is 0.710. The first-order valence-electron chi connectivity index (χ1n) is 4.20. The highest BCUT2D eigenvalue weighted by Crippen LogP contribution is 2.18. The van der Waals surface area contributed by atoms with Crippen LogP contribution in [-0.2, 0) is 11.2 Å². The number of carbonyl (C=O) groups is 1. The van der Waals surface area contributed by atoms with Gasteiger partial charge in [0.15, 0.2) is 0 Å². The summed E-state index contributed by atoms with van der Waals surface area (Å²) in [7, 11) is 0. The van der Waals surface area contributed by atoms with Crippen molar-refractivity contribution < 1.29 is 14.6 Å². The van der Waals surface area contributed by atoms with Crippen LogP contribution < -0.4 is 0 Å². The van der Waals surface area contributed by atoms with Gasteiger partial charge >= 0.3 is 5.97 Å². The standard InChI is InChI=1S/C10H10O3/c11-10(12)9-4-2-1-3-7(9)5-8-6-13-8/h1-4,8H,5-6H2,(H,11,12). The largest absolute Gasteiger partial charge is 0.478 e. The summed E-state index contributed by atoms with van der Waals surface area (Å²) in [5.41, 5.74) is 1.25. The molecule has 1 N–H and O–H groups in total. The van der Waals surface area contributed by atoms with E-state index in [1.807, 2.05) is 12.1 Å². The first kappa shape index (κ1) is 8.26. The van der Waals surface area contributed by atoms with Crippen molar-refractivity contribution in [3.05, 3.63) is 35.4 Å². The third kappa shape index (κ3) is 1.87. The zero-order valence-electron chi connectivity index (χ0n) is 7.06. The average Bonchev–Trinajstić information content (AvgIpc) is 2.89. The summed E-state index contributed by atoms with van der Waals surface area (Å²) in [6.45, 7) is 0.758. The summed E-state index contributed by atoms with van der Waals surface area (Å²) >= 11 is 0. The predicted molar refractivity (Wildman–Crippen MR) is 46.8 cm³/mol. The maximum Gasteiger partial charge on any atom is 0.335 e. The Morgan fingerprint density at radius 2 is 2.23 bits per heavy atom. The van der Waals surface area contributed by atoms with Crippen molar-refractivity contribution in [2.75, 3.05) is 6.61 Å². The van der Waals surface area contributed by atoms with E-state index in [2.05, 4.69) is 0 Å². The van der Waals surface area contributed by atoms with Crippen LogP contribution in [0.4, 0.5) is 0 Å². The van der Waals surface area contributed by atoms with Crippen LogP contribution >= 0.6 is 0 Å². The molecule has 0 amide bonds. The van der Waals surface area contributed by atoms with Crippen molar-refractivity contribution in [2.45, 2.75) is 12.5 Å². The van der Waals surface area contributed by atoms with Gasteiger partial charge in [-0.25, -0.2) is 4.79 Å². The van der Waals surface area contributed by atoms with E-state index in [1.165, 1.54) is 0 Å². The van der Waals surface area contributed by atoms with Gasteiger partial charge in [-0.05, 0) is 11.6 Å². The van der Waals surface area contributed by atoms with Crippen molar-refractivity contribution in [3.8, 4) is 0 Å². The minimum atomic E-state index is -0.865. The molecule has 0 aromatic heterocycles. The van der Waals surface area contributed by atoms with E-state index >= 15 is 0 Å². The summed E-state index contributed by atoms with van der Waals surface area (Å²) in [6.07, 6.45) is 0.947. The van der Waals surface area contributed by atoms with Crippen LogP contribution in [0.1, 0.15) is 15.9 Å². The van der Waals surface area contributed by atoms with Crippen molar-refractivity contribution in [2.24, 2.45) is 0 Å². The van der Waals surface area contributed by atoms with Crippen LogP contribution in [0.15, 0.2) is 24.3 Å². The van der Waals surface area contributed by atoms with Gasteiger partial charge in [0.25, 0.3) is 0 Å². The average molecular weight is 178 g/mol. The number of hydrogen-bond acceptors (Lipinski definition) is 2. The summed E-state index contributed by atoms with van der Waals surface area (Å²) in [6, 6.07) is 7.05. The Kier molecular flexibility index (Phi) is 2.02. The van der Waals surface area contributed by atoms with E-state index in [9.17, 15) is 4.79 Å². The molecule has 1 fully saturated rings. The molecule has 0 saturated carbocycles. The number of ether oxygens (including phenoxy) is 1. The summed E-state index contributed by atoms with van der Waals surface area (Å²) in [5, 5.41) is 8.86. The Labute approximate surface area is 76.0 Å². The van der Waals surface area contributed by atoms with E-state index in [-0.39, 0.29) is 6.10 Å². The molecule has 1 atom stereocenters. The van der Waals surface area contributed by atoms with Gasteiger partial charge in [-0.1, -0.05) is 18.2 Å². The van der Waals surface area contributed by atoms with E-state index in [0.717, 1.165) is 12.2 Å². The number of carboxylic acids is 1. The molecule has 1 aromatic rings. The monoisotopic (exact) mass is 178 g/mol. The second kappa shape index (κ2) is 3.18. The van der Waals surface area contributed by atoms with E-state index in [4.69, 9.17) is 9.84 Å². The van der Waals surface area contributed by atoms with E-state index in [0.29, 0.717) is 12.0 Å². The first-order chi connectivity index (χ1) is 6.27. The Hall–Kier alpha value is -1.35. The lowest BCUT2D eigenvalue weighted by Gasteiger charge is -2.02. The molecule has 1 unspecified atom stereocenters. The van der Waals surface area contributed by atoms with Gasteiger partial charge in [0.05, 0.1) is 18.3 Å². The third-order valence-corrected chi connectivity index (χ3v) is 2.10. The van der Waals surface area contributed by atoms with Gasteiger partial charge in [0.1, 0.15) is 0 Å². The van der Waals surface area contributed by atoms with Gasteiger partial charge in [0, 0.05) is 6.42 Å². The number of rotatable bonds is 3. The highest BCUT2D eigenvalue weighted by Gasteiger charge is 2.24. The predicted octanol–water partition coefficient (Wildman–Crippen LogP) is 1.33. The molecule has 3 heteroatoms. The van der Waals surface area contributed by atoms with Crippen LogP contribution in [-0.4, -0.2) is 23.8 Å². The molecule has 0 bridgehead atoms. The SMILES string of the molecule is O=C(O)c1ccccc1CC1CO1. The van der Waals surface area contributed by atoms with Crippen molar-refractivity contribution in [1.82, 2.24) is 0 Å². The first-order valence-corrected chi connectivity index (χ1v) is 4.20. The van der Waals surface area contributed by atoms with Crippen LogP contribution in [0.5, 0.6) is 0 Å². The highest BCUT2D eigenvalue weighted by molar-refractivity contribution is 5.89. The van der Waals surface area contributed by atoms with Crippen molar-refractivity contribution in [3.63, 3.8) is 0 Å². The lowest BCUT2D eigenvalue weighted by molar-refractivity contribution is 0.0695. The minimum Gasteiger partial charge on any atom is -0.478 e. The van der Waals surface area contributed by atoms with Crippen LogP contribution in [0.3, 0.4) is 0 Å². The molecule has 13 heavy (non-hydrogen) atoms. The number of aromatic carboxylic acids is 1. The summed E-state index contributed by atoms with van der Waals surface area (Å²) in [5.74, 6) is -0.865. The molecule has 3 nitrogen and oxygen atoms in total. The van der Waals surface area contributed by atoms with Gasteiger partial charge < -0.3 is 9.84 Å². The van der Waals surface area contributed by atoms with Gasteiger partial charge in [-0.3, -0.25) is 0 Å². The molecule has 1 aliphatic rings. The second-order valence-corrected chi connectivity index (χ2v) is 3.12. The minimum absolute atomic E-state index is 0.237. The lowest BCUT2D eigenvalue weighted by Crippen LogP contribution is -2.04. The smallest absolute Gasteiger partial charge is 0.335 e. The Bertz CT molecular complexity index is 329. The van der Waals surface area contributed by atoms with E-state index < -0.39 is 5.97 Å². The molecular weight excluding hydrogens is 168 g/mol. The van der Waals surface area contributed by atoms with E-state index in [1.54, 1.807) is 12.1 Å². The molecule has 0 spiro atoms. The Morgan fingerprint density at radius 3 is 2.85 bits per heavy atom. The molecule has 68 valence electrons. The zero-order chi connectivity index (χ0) is 9.26. The molecule has 1 saturated heterocycles. The molecular formula is C10H10O3. The molecule has 2 rings (SSSR count). The second-order valence-electron chi connectivity index (χ2n) is 3.12. The van der Waals surface area contributed by atoms with Crippen LogP contribution in [0.25, 0.3) is 0 Å². The van der Waals surface area contributed by atoms with Crippen molar-refractivity contribution in [1.29, 1.82) is 0 Å². The molecule has 1 aliphatic heterocycles. The normalized spacial score (nSPS) is 19.8. The fraction of sp³-hybridized carbons (Fsp3) is 0.300. The maximum atomic E-state index is 10.8. The number of benzene rings is 1. The number of hydrogen-bond donors (Lipinski definition) is 1. The summed E-state index contributed by atoms with van der Waals surface area (Å²) < 4.78 is 5.05. The van der Waals surface area contributed by atoms with Crippen LogP contribution in [0.2, 0.25) is 0 Å². The molecule has 1 aromatic carbocycles. The topological polar surface area (TPSA) is 49.8 Å².